The van der Waals surface area contributed by atoms with E-state index in [0.29, 0.717) is 0 Å². The van der Waals surface area contributed by atoms with Crippen molar-refractivity contribution in [2.45, 2.75) is 25.2 Å². The van der Waals surface area contributed by atoms with Crippen LogP contribution in [0.5, 0.6) is 0 Å². The first kappa shape index (κ1) is 16.7. The summed E-state index contributed by atoms with van der Waals surface area (Å²) < 4.78 is 0. The van der Waals surface area contributed by atoms with Crippen LogP contribution in [0.1, 0.15) is 30.9 Å². The smallest absolute Gasteiger partial charge is 0.303 e. The van der Waals surface area contributed by atoms with Crippen molar-refractivity contribution in [3.8, 4) is 6.07 Å². The number of aliphatic carboxylic acids is 1. The molecule has 0 saturated carbocycles. The molecule has 1 aromatic carbocycles. The van der Waals surface area contributed by atoms with Gasteiger partial charge in [0, 0.05) is 17.0 Å². The average molecular weight is 334 g/mol. The molecule has 0 heterocycles. The Balaban J connectivity index is 2.64. The van der Waals surface area contributed by atoms with E-state index < -0.39 is 47.1 Å². The number of carboxylic acid groups (broad SMARTS) is 1. The molecule has 0 aromatic heterocycles. The lowest BCUT2D eigenvalue weighted by Crippen LogP contribution is -2.39. The maximum absolute atomic E-state index is 12.6. The highest BCUT2D eigenvalue weighted by atomic mass is 35.5. The molecule has 0 fully saturated rings. The van der Waals surface area contributed by atoms with E-state index in [9.17, 15) is 24.8 Å². The molecule has 6 nitrogen and oxygen atoms in total. The largest absolute Gasteiger partial charge is 0.506 e. The summed E-state index contributed by atoms with van der Waals surface area (Å²) in [4.78, 5) is 35.3. The highest BCUT2D eigenvalue weighted by Gasteiger charge is 2.46. The molecular weight excluding hydrogens is 322 g/mol. The molecule has 1 aliphatic carbocycles. The molecule has 1 atom stereocenters. The van der Waals surface area contributed by atoms with Gasteiger partial charge in [-0.1, -0.05) is 17.7 Å². The van der Waals surface area contributed by atoms with Crippen molar-refractivity contribution in [3.05, 3.63) is 39.9 Å². The van der Waals surface area contributed by atoms with Crippen LogP contribution in [-0.4, -0.2) is 27.7 Å². The number of aliphatic hydroxyl groups excluding tert-OH is 1. The van der Waals surface area contributed by atoms with E-state index in [0.717, 1.165) is 0 Å². The quantitative estimate of drug-likeness (QED) is 0.817. The molecule has 0 spiro atoms. The van der Waals surface area contributed by atoms with Gasteiger partial charge in [-0.15, -0.1) is 0 Å². The van der Waals surface area contributed by atoms with Crippen LogP contribution in [0.15, 0.2) is 23.8 Å². The molecule has 0 bridgehead atoms. The van der Waals surface area contributed by atoms with E-state index in [4.69, 9.17) is 16.7 Å². The van der Waals surface area contributed by atoms with E-state index in [1.54, 1.807) is 0 Å². The summed E-state index contributed by atoms with van der Waals surface area (Å²) in [5.74, 6) is -3.44. The Kier molecular flexibility index (Phi) is 4.26. The van der Waals surface area contributed by atoms with Crippen molar-refractivity contribution in [1.29, 1.82) is 5.26 Å². The number of nitriles is 1. The summed E-state index contributed by atoms with van der Waals surface area (Å²) in [6.07, 6.45) is -0.924. The van der Waals surface area contributed by atoms with Gasteiger partial charge in [-0.2, -0.15) is 5.26 Å². The molecular formula is C16H12ClNO5. The first-order valence-electron chi connectivity index (χ1n) is 6.67. The Labute approximate surface area is 136 Å². The molecule has 0 saturated heterocycles. The first-order chi connectivity index (χ1) is 10.7. The van der Waals surface area contributed by atoms with Gasteiger partial charge < -0.3 is 10.2 Å². The molecule has 0 amide bonds. The number of halogens is 1. The van der Waals surface area contributed by atoms with Crippen LogP contribution in [0, 0.1) is 11.3 Å². The molecule has 0 radical (unpaired) electrons. The highest BCUT2D eigenvalue weighted by molar-refractivity contribution is 6.32. The second-order valence-corrected chi connectivity index (χ2v) is 5.73. The minimum Gasteiger partial charge on any atom is -0.506 e. The van der Waals surface area contributed by atoms with Gasteiger partial charge >= 0.3 is 5.97 Å². The summed E-state index contributed by atoms with van der Waals surface area (Å²) in [6, 6.07) is 6.16. The SMILES string of the molecule is C[C@@]1(C#N)C(=O)C(C(=O)CCC(=O)O)=C(O)c2cc(Cl)ccc21. The van der Waals surface area contributed by atoms with Crippen molar-refractivity contribution in [2.24, 2.45) is 0 Å². The Bertz CT molecular complexity index is 805. The number of carbonyl (C=O) groups excluding carboxylic acids is 2. The third kappa shape index (κ3) is 2.71. The first-order valence-corrected chi connectivity index (χ1v) is 7.05. The van der Waals surface area contributed by atoms with Crippen LogP contribution in [-0.2, 0) is 19.8 Å². The molecule has 0 aliphatic heterocycles. The van der Waals surface area contributed by atoms with Crippen LogP contribution in [0.4, 0.5) is 0 Å². The number of hydrogen-bond acceptors (Lipinski definition) is 5. The lowest BCUT2D eigenvalue weighted by Gasteiger charge is -2.29. The number of benzene rings is 1. The number of Topliss-reactive ketones (excluding diaryl/α,β-unsaturated/α-hetero) is 2. The summed E-state index contributed by atoms with van der Waals surface area (Å²) in [5, 5.41) is 28.6. The van der Waals surface area contributed by atoms with E-state index in [1.807, 2.05) is 6.07 Å². The lowest BCUT2D eigenvalue weighted by molar-refractivity contribution is -0.138. The third-order valence-corrected chi connectivity index (χ3v) is 4.00. The van der Waals surface area contributed by atoms with Crippen LogP contribution < -0.4 is 0 Å². The molecule has 1 aliphatic rings. The lowest BCUT2D eigenvalue weighted by atomic mass is 9.69. The second kappa shape index (κ2) is 5.86. The van der Waals surface area contributed by atoms with Crippen LogP contribution in [0.2, 0.25) is 5.02 Å². The minimum absolute atomic E-state index is 0.125. The van der Waals surface area contributed by atoms with Crippen LogP contribution in [0.25, 0.3) is 5.76 Å². The zero-order chi connectivity index (χ0) is 17.4. The van der Waals surface area contributed by atoms with Gasteiger partial charge in [-0.3, -0.25) is 14.4 Å². The summed E-state index contributed by atoms with van der Waals surface area (Å²) in [5.41, 5.74) is -1.83. The van der Waals surface area contributed by atoms with Crippen LogP contribution >= 0.6 is 11.6 Å². The van der Waals surface area contributed by atoms with Crippen molar-refractivity contribution in [2.75, 3.05) is 0 Å². The zero-order valence-electron chi connectivity index (χ0n) is 12.1. The number of aliphatic hydroxyl groups is 1. The van der Waals surface area contributed by atoms with Crippen molar-refractivity contribution in [1.82, 2.24) is 0 Å². The zero-order valence-corrected chi connectivity index (χ0v) is 12.8. The summed E-state index contributed by atoms with van der Waals surface area (Å²) in [7, 11) is 0. The van der Waals surface area contributed by atoms with Crippen LogP contribution in [0.3, 0.4) is 0 Å². The van der Waals surface area contributed by atoms with Crippen molar-refractivity contribution < 1.29 is 24.6 Å². The molecule has 0 unspecified atom stereocenters. The molecule has 2 N–H and O–H groups in total. The van der Waals surface area contributed by atoms with Crippen molar-refractivity contribution in [3.63, 3.8) is 0 Å². The highest BCUT2D eigenvalue weighted by Crippen LogP contribution is 2.40. The molecule has 23 heavy (non-hydrogen) atoms. The van der Waals surface area contributed by atoms with E-state index >= 15 is 0 Å². The Morgan fingerprint density at radius 1 is 1.35 bits per heavy atom. The van der Waals surface area contributed by atoms with Gasteiger partial charge in [-0.25, -0.2) is 0 Å². The van der Waals surface area contributed by atoms with Crippen molar-refractivity contribution >= 4 is 34.9 Å². The Morgan fingerprint density at radius 2 is 2.00 bits per heavy atom. The maximum Gasteiger partial charge on any atom is 0.303 e. The summed E-state index contributed by atoms with van der Waals surface area (Å²) >= 11 is 5.88. The fourth-order valence-corrected chi connectivity index (χ4v) is 2.65. The second-order valence-electron chi connectivity index (χ2n) is 5.30. The number of hydrogen-bond donors (Lipinski definition) is 2. The predicted molar refractivity (Wildman–Crippen MR) is 80.8 cm³/mol. The predicted octanol–water partition coefficient (Wildman–Crippen LogP) is 2.41. The van der Waals surface area contributed by atoms with Gasteiger partial charge in [0.15, 0.2) is 11.6 Å². The maximum atomic E-state index is 12.6. The number of carboxylic acids is 1. The van der Waals surface area contributed by atoms with Gasteiger partial charge in [-0.05, 0) is 24.6 Å². The van der Waals surface area contributed by atoms with E-state index in [1.165, 1.54) is 25.1 Å². The van der Waals surface area contributed by atoms with Gasteiger partial charge in [0.1, 0.15) is 16.7 Å². The number of carbonyl (C=O) groups is 3. The number of rotatable bonds is 4. The normalized spacial score (nSPS) is 20.0. The van der Waals surface area contributed by atoms with E-state index in [-0.39, 0.29) is 16.1 Å². The molecule has 2 rings (SSSR count). The fourth-order valence-electron chi connectivity index (χ4n) is 2.48. The number of fused-ring (bicyclic) bond motifs is 1. The number of ketones is 2. The number of nitrogens with zero attached hydrogens (tertiary/aromatic N) is 1. The Morgan fingerprint density at radius 3 is 2.57 bits per heavy atom. The minimum atomic E-state index is -1.65. The van der Waals surface area contributed by atoms with Gasteiger partial charge in [0.05, 0.1) is 12.5 Å². The third-order valence-electron chi connectivity index (χ3n) is 3.76. The monoisotopic (exact) mass is 333 g/mol. The Hall–Kier alpha value is -2.65. The topological polar surface area (TPSA) is 115 Å². The van der Waals surface area contributed by atoms with Gasteiger partial charge in [0.2, 0.25) is 0 Å². The van der Waals surface area contributed by atoms with Gasteiger partial charge in [0.25, 0.3) is 0 Å². The molecule has 118 valence electrons. The summed E-state index contributed by atoms with van der Waals surface area (Å²) in [6.45, 7) is 1.35. The molecule has 1 aromatic rings. The molecule has 7 heteroatoms. The fraction of sp³-hybridized carbons (Fsp3) is 0.250. The average Bonchev–Trinajstić information content (AvgIpc) is 2.50. The number of allylic oxidation sites excluding steroid dienone is 1. The van der Waals surface area contributed by atoms with E-state index in [2.05, 4.69) is 0 Å². The standard InChI is InChI=1S/C16H12ClNO5/c1-16(7-18)10-3-2-8(17)6-9(10)14(22)13(15(16)23)11(19)4-5-12(20)21/h2-3,6,22H,4-5H2,1H3,(H,20,21)/t16-/m0/s1.